The monoisotopic (exact) mass is 592 g/mol. The Labute approximate surface area is 245 Å². The van der Waals surface area contributed by atoms with E-state index in [-0.39, 0.29) is 11.5 Å². The molecule has 1 heterocycles. The Balaban J connectivity index is 1.72. The van der Waals surface area contributed by atoms with E-state index in [9.17, 15) is 22.4 Å². The molecule has 13 heteroatoms. The third-order valence-electron chi connectivity index (χ3n) is 6.29. The molecular formula is C30H28F4N8O. The molecule has 9 nitrogen and oxygen atoms in total. The second kappa shape index (κ2) is 13.6. The van der Waals surface area contributed by atoms with Crippen LogP contribution in [0, 0.1) is 16.8 Å². The molecule has 0 aliphatic heterocycles. The highest BCUT2D eigenvalue weighted by Crippen LogP contribution is 2.32. The molecular weight excluding hydrogens is 564 g/mol. The fraction of sp³-hybridized carbons (Fsp3) is 0.167. The van der Waals surface area contributed by atoms with Gasteiger partial charge in [-0.25, -0.2) is 19.6 Å². The molecule has 43 heavy (non-hydrogen) atoms. The van der Waals surface area contributed by atoms with Crippen molar-refractivity contribution < 1.29 is 22.4 Å². The van der Waals surface area contributed by atoms with Gasteiger partial charge in [0.2, 0.25) is 0 Å². The maximum absolute atomic E-state index is 14.4. The minimum atomic E-state index is -4.73. The number of anilines is 3. The van der Waals surface area contributed by atoms with Crippen molar-refractivity contribution in [3.63, 3.8) is 0 Å². The summed E-state index contributed by atoms with van der Waals surface area (Å²) in [6, 6.07) is 20.7. The molecule has 0 radical (unpaired) electrons. The third kappa shape index (κ3) is 7.91. The summed E-state index contributed by atoms with van der Waals surface area (Å²) in [6.45, 7) is 3.13. The van der Waals surface area contributed by atoms with E-state index in [0.717, 1.165) is 18.1 Å². The number of amidine groups is 1. The van der Waals surface area contributed by atoms with E-state index in [1.165, 1.54) is 0 Å². The molecule has 2 amide bonds. The van der Waals surface area contributed by atoms with Crippen LogP contribution < -0.4 is 21.0 Å². The molecule has 0 bridgehead atoms. The van der Waals surface area contributed by atoms with Crippen molar-refractivity contribution in [1.82, 2.24) is 10.4 Å². The van der Waals surface area contributed by atoms with Gasteiger partial charge in [-0.1, -0.05) is 66.7 Å². The van der Waals surface area contributed by atoms with Crippen molar-refractivity contribution >= 4 is 29.1 Å². The van der Waals surface area contributed by atoms with Crippen molar-refractivity contribution in [2.45, 2.75) is 26.1 Å². The molecule has 0 atom stereocenters. The van der Waals surface area contributed by atoms with Crippen molar-refractivity contribution in [3.8, 4) is 11.3 Å². The third-order valence-corrected chi connectivity index (χ3v) is 6.29. The Bertz CT molecular complexity index is 1610. The summed E-state index contributed by atoms with van der Waals surface area (Å²) in [5.74, 6) is -0.881. The lowest BCUT2D eigenvalue weighted by Gasteiger charge is -2.25. The highest BCUT2D eigenvalue weighted by atomic mass is 19.4. The number of aromatic nitrogens is 1. The van der Waals surface area contributed by atoms with E-state index in [0.29, 0.717) is 47.9 Å². The van der Waals surface area contributed by atoms with E-state index in [4.69, 9.17) is 15.9 Å². The lowest BCUT2D eigenvalue weighted by molar-refractivity contribution is -0.137. The van der Waals surface area contributed by atoms with Crippen LogP contribution in [0.4, 0.5) is 39.5 Å². The number of nitrogens with one attached hydrogen (secondary N) is 5. The van der Waals surface area contributed by atoms with Gasteiger partial charge in [0, 0.05) is 36.0 Å². The van der Waals surface area contributed by atoms with Gasteiger partial charge in [0.05, 0.1) is 16.9 Å². The summed E-state index contributed by atoms with van der Waals surface area (Å²) in [4.78, 5) is 19.8. The molecule has 0 aliphatic rings. The number of nitrogens with zero attached hydrogens (tertiary/aromatic N) is 3. The lowest BCUT2D eigenvalue weighted by Crippen LogP contribution is -2.25. The number of alkyl halides is 3. The van der Waals surface area contributed by atoms with Crippen molar-refractivity contribution in [2.24, 2.45) is 5.22 Å². The minimum absolute atomic E-state index is 0.141. The van der Waals surface area contributed by atoms with E-state index in [2.05, 4.69) is 21.3 Å². The van der Waals surface area contributed by atoms with Gasteiger partial charge in [0.25, 0.3) is 0 Å². The largest absolute Gasteiger partial charge is 0.416 e. The second-order valence-electron chi connectivity index (χ2n) is 9.42. The highest BCUT2D eigenvalue weighted by Gasteiger charge is 2.31. The summed E-state index contributed by atoms with van der Waals surface area (Å²) in [5.41, 5.74) is 10.4. The Morgan fingerprint density at radius 2 is 1.70 bits per heavy atom. The van der Waals surface area contributed by atoms with Gasteiger partial charge in [-0.15, -0.1) is 0 Å². The normalized spacial score (nSPS) is 11.0. The molecule has 0 aliphatic carbocycles. The number of urea groups is 1. The minimum Gasteiger partial charge on any atom is -0.352 e. The number of carbonyl (C=O) groups excluding carboxylic acids is 1. The number of hydrogen-bond donors (Lipinski definition) is 5. The molecule has 1 aromatic heterocycles. The zero-order valence-corrected chi connectivity index (χ0v) is 23.0. The molecule has 4 aromatic rings. The average molecular weight is 593 g/mol. The quantitative estimate of drug-likeness (QED) is 0.0422. The van der Waals surface area contributed by atoms with Crippen LogP contribution >= 0.6 is 0 Å². The number of benzene rings is 3. The number of rotatable bonds is 10. The zero-order valence-electron chi connectivity index (χ0n) is 23.0. The maximum Gasteiger partial charge on any atom is 0.416 e. The van der Waals surface area contributed by atoms with Gasteiger partial charge in [-0.3, -0.25) is 5.41 Å². The molecule has 0 fully saturated rings. The molecule has 0 saturated carbocycles. The van der Waals surface area contributed by atoms with Crippen LogP contribution in [0.1, 0.15) is 30.0 Å². The molecule has 4 rings (SSSR count). The van der Waals surface area contributed by atoms with Gasteiger partial charge in [-0.2, -0.15) is 18.7 Å². The van der Waals surface area contributed by atoms with E-state index < -0.39 is 29.3 Å². The van der Waals surface area contributed by atoms with Gasteiger partial charge in [-0.05, 0) is 36.2 Å². The number of halogens is 4. The first-order valence-corrected chi connectivity index (χ1v) is 13.2. The average Bonchev–Trinajstić information content (AvgIpc) is 2.98. The van der Waals surface area contributed by atoms with Crippen LogP contribution in [0.5, 0.6) is 0 Å². The van der Waals surface area contributed by atoms with Crippen LogP contribution in [0.15, 0.2) is 90.2 Å². The van der Waals surface area contributed by atoms with E-state index in [1.807, 2.05) is 42.2 Å². The number of amides is 2. The first-order chi connectivity index (χ1) is 20.6. The summed E-state index contributed by atoms with van der Waals surface area (Å²) in [6.07, 6.45) is -3.95. The van der Waals surface area contributed by atoms with Gasteiger partial charge in [0.1, 0.15) is 17.5 Å². The topological polar surface area (TPSA) is 129 Å². The van der Waals surface area contributed by atoms with Crippen LogP contribution in [0.3, 0.4) is 0 Å². The van der Waals surface area contributed by atoms with Crippen LogP contribution in [-0.4, -0.2) is 23.4 Å². The molecule has 0 saturated heterocycles. The zero-order chi connectivity index (χ0) is 31.0. The van der Waals surface area contributed by atoms with Crippen molar-refractivity contribution in [1.29, 1.82) is 10.9 Å². The summed E-state index contributed by atoms with van der Waals surface area (Å²) >= 11 is 0. The molecule has 0 unspecified atom stereocenters. The molecule has 0 spiro atoms. The van der Waals surface area contributed by atoms with E-state index in [1.54, 1.807) is 36.4 Å². The van der Waals surface area contributed by atoms with Gasteiger partial charge < -0.3 is 15.5 Å². The number of pyridine rings is 1. The Morgan fingerprint density at radius 3 is 2.37 bits per heavy atom. The van der Waals surface area contributed by atoms with E-state index >= 15 is 0 Å². The first-order valence-electron chi connectivity index (χ1n) is 13.2. The SMILES string of the molecule is CCCN(Cc1ccccc1)c1cc(NC(=O)Nc2ccc(C(F)(F)F)cc2F)cc(-c2ccccc2C(=N)NN=N)n1. The molecule has 222 valence electrons. The summed E-state index contributed by atoms with van der Waals surface area (Å²) < 4.78 is 53.2. The standard InChI is InChI=1S/C30H28F4N8O/c1-2-14-42(18-19-8-4-3-5-9-19)27-17-21(16-26(38-27)22-10-6-7-11-23(22)28(35)40-41-36)37-29(43)39-25-13-12-20(15-24(25)31)30(32,33)34/h3-13,15-17H,2,14,18H2,1H3,(H3,35,36,40)(H2,37,38,39,43). The summed E-state index contributed by atoms with van der Waals surface area (Å²) in [7, 11) is 0. The first kappa shape index (κ1) is 30.6. The molecule has 3 aromatic carbocycles. The van der Waals surface area contributed by atoms with Gasteiger partial charge in [0.15, 0.2) is 0 Å². The van der Waals surface area contributed by atoms with Crippen LogP contribution in [0.2, 0.25) is 0 Å². The maximum atomic E-state index is 14.4. The lowest BCUT2D eigenvalue weighted by atomic mass is 10.0. The predicted molar refractivity (Wildman–Crippen MR) is 157 cm³/mol. The number of carbonyl (C=O) groups is 1. The van der Waals surface area contributed by atoms with Gasteiger partial charge >= 0.3 is 12.2 Å². The highest BCUT2D eigenvalue weighted by molar-refractivity contribution is 6.03. The Hall–Kier alpha value is -5.33. The fourth-order valence-electron chi connectivity index (χ4n) is 4.35. The second-order valence-corrected chi connectivity index (χ2v) is 9.42. The van der Waals surface area contributed by atoms with Crippen molar-refractivity contribution in [3.05, 3.63) is 107 Å². The van der Waals surface area contributed by atoms with Crippen LogP contribution in [0.25, 0.3) is 11.3 Å². The number of hydrogen-bond acceptors (Lipinski definition) is 6. The predicted octanol–water partition coefficient (Wildman–Crippen LogP) is 7.83. The van der Waals surface area contributed by atoms with Crippen molar-refractivity contribution in [2.75, 3.05) is 22.1 Å². The molecule has 5 N–H and O–H groups in total. The smallest absolute Gasteiger partial charge is 0.352 e. The van der Waals surface area contributed by atoms with Crippen LogP contribution in [-0.2, 0) is 12.7 Å². The fourth-order valence-corrected chi connectivity index (χ4v) is 4.35. The summed E-state index contributed by atoms with van der Waals surface area (Å²) in [5, 5.41) is 16.2. The Kier molecular flexibility index (Phi) is 9.65. The Morgan fingerprint density at radius 1 is 0.977 bits per heavy atom.